The van der Waals surface area contributed by atoms with E-state index in [4.69, 9.17) is 9.47 Å². The highest BCUT2D eigenvalue weighted by Crippen LogP contribution is 2.26. The van der Waals surface area contributed by atoms with Crippen LogP contribution in [0.15, 0.2) is 60.7 Å². The van der Waals surface area contributed by atoms with Crippen molar-refractivity contribution in [3.05, 3.63) is 71.8 Å². The quantitative estimate of drug-likeness (QED) is 0.442. The molecule has 0 unspecified atom stereocenters. The number of fused-ring (bicyclic) bond motifs is 1. The molecule has 0 heterocycles. The van der Waals surface area contributed by atoms with Gasteiger partial charge in [-0.3, -0.25) is 14.4 Å². The molecule has 1 amide bonds. The van der Waals surface area contributed by atoms with E-state index in [-0.39, 0.29) is 5.78 Å². The molecule has 0 saturated heterocycles. The maximum Gasteiger partial charge on any atom is 0.313 e. The summed E-state index contributed by atoms with van der Waals surface area (Å²) in [6.07, 6.45) is -0.986. The first-order valence-electron chi connectivity index (χ1n) is 9.98. The van der Waals surface area contributed by atoms with Gasteiger partial charge in [-0.2, -0.15) is 0 Å². The summed E-state index contributed by atoms with van der Waals surface area (Å²) < 4.78 is 10.6. The predicted molar refractivity (Wildman–Crippen MR) is 120 cm³/mol. The number of carbonyl (C=O) groups is 3. The minimum Gasteiger partial charge on any atom is -0.497 e. The highest BCUT2D eigenvalue weighted by Gasteiger charge is 2.23. The van der Waals surface area contributed by atoms with Crippen molar-refractivity contribution in [3.8, 4) is 5.75 Å². The van der Waals surface area contributed by atoms with Crippen molar-refractivity contribution in [2.45, 2.75) is 32.8 Å². The number of Topliss-reactive ketones (excluding diaryl/α,β-unsaturated/α-hetero) is 1. The number of carbonyl (C=O) groups excluding carboxylic acids is 3. The lowest BCUT2D eigenvalue weighted by molar-refractivity contribution is -0.154. The van der Waals surface area contributed by atoms with E-state index in [1.807, 2.05) is 36.4 Å². The van der Waals surface area contributed by atoms with E-state index in [0.717, 1.165) is 22.1 Å². The van der Waals surface area contributed by atoms with Crippen molar-refractivity contribution in [1.82, 2.24) is 0 Å². The molecule has 160 valence electrons. The van der Waals surface area contributed by atoms with Crippen LogP contribution < -0.4 is 10.1 Å². The fourth-order valence-electron chi connectivity index (χ4n) is 3.16. The van der Waals surface area contributed by atoms with Crippen LogP contribution in [0.5, 0.6) is 5.75 Å². The lowest BCUT2D eigenvalue weighted by atomic mass is 9.98. The third-order valence-corrected chi connectivity index (χ3v) is 5.12. The third-order valence-electron chi connectivity index (χ3n) is 5.12. The van der Waals surface area contributed by atoms with Crippen molar-refractivity contribution in [1.29, 1.82) is 0 Å². The van der Waals surface area contributed by atoms with E-state index >= 15 is 0 Å². The van der Waals surface area contributed by atoms with Gasteiger partial charge in [-0.05, 0) is 61.4 Å². The fraction of sp³-hybridized carbons (Fsp3) is 0.240. The zero-order valence-electron chi connectivity index (χ0n) is 18.0. The molecule has 3 aromatic rings. The Morgan fingerprint density at radius 1 is 0.903 bits per heavy atom. The van der Waals surface area contributed by atoms with Gasteiger partial charge in [0.15, 0.2) is 11.9 Å². The molecular weight excluding hydrogens is 394 g/mol. The van der Waals surface area contributed by atoms with Gasteiger partial charge in [-0.15, -0.1) is 0 Å². The topological polar surface area (TPSA) is 81.7 Å². The third kappa shape index (κ3) is 5.28. The Hall–Kier alpha value is -3.67. The molecule has 0 fully saturated rings. The van der Waals surface area contributed by atoms with E-state index in [0.29, 0.717) is 11.3 Å². The monoisotopic (exact) mass is 419 g/mol. The Bertz CT molecular complexity index is 1140. The first-order valence-corrected chi connectivity index (χ1v) is 9.98. The summed E-state index contributed by atoms with van der Waals surface area (Å²) in [4.78, 5) is 36.6. The van der Waals surface area contributed by atoms with Gasteiger partial charge < -0.3 is 14.8 Å². The molecular formula is C25H25NO5. The van der Waals surface area contributed by atoms with Crippen molar-refractivity contribution < 1.29 is 23.9 Å². The summed E-state index contributed by atoms with van der Waals surface area (Å²) in [5.41, 5.74) is 1.76. The maximum absolute atomic E-state index is 12.6. The molecule has 0 saturated carbocycles. The highest BCUT2D eigenvalue weighted by molar-refractivity contribution is 5.98. The van der Waals surface area contributed by atoms with Crippen molar-refractivity contribution in [3.63, 3.8) is 0 Å². The number of methoxy groups -OCH3 is 1. The molecule has 1 N–H and O–H groups in total. The molecule has 0 aliphatic rings. The first-order chi connectivity index (χ1) is 14.8. The molecule has 2 atom stereocenters. The van der Waals surface area contributed by atoms with Crippen LogP contribution >= 0.6 is 0 Å². The maximum atomic E-state index is 12.6. The van der Waals surface area contributed by atoms with Crippen LogP contribution in [0.2, 0.25) is 0 Å². The summed E-state index contributed by atoms with van der Waals surface area (Å²) in [7, 11) is 1.62. The number of nitrogens with one attached hydrogen (secondary N) is 1. The van der Waals surface area contributed by atoms with Gasteiger partial charge in [0.1, 0.15) is 5.75 Å². The minimum absolute atomic E-state index is 0.0989. The Morgan fingerprint density at radius 3 is 2.32 bits per heavy atom. The van der Waals surface area contributed by atoms with Crippen LogP contribution in [0.3, 0.4) is 0 Å². The van der Waals surface area contributed by atoms with Crippen LogP contribution in [0.1, 0.15) is 42.6 Å². The summed E-state index contributed by atoms with van der Waals surface area (Å²) in [5, 5.41) is 4.66. The largest absolute Gasteiger partial charge is 0.497 e. The van der Waals surface area contributed by atoms with Crippen molar-refractivity contribution in [2.24, 2.45) is 0 Å². The average molecular weight is 419 g/mol. The highest BCUT2D eigenvalue weighted by atomic mass is 16.5. The Labute approximate surface area is 181 Å². The van der Waals surface area contributed by atoms with Gasteiger partial charge in [0.25, 0.3) is 5.91 Å². The number of ether oxygens (including phenoxy) is 2. The number of anilines is 1. The van der Waals surface area contributed by atoms with Crippen LogP contribution in [-0.2, 0) is 14.3 Å². The number of amides is 1. The Balaban J connectivity index is 1.65. The van der Waals surface area contributed by atoms with Gasteiger partial charge in [-0.1, -0.05) is 36.4 Å². The standard InChI is InChI=1S/C25H25NO5/c1-15(18-8-9-21-14-23(30-4)11-10-20(21)12-18)25(29)31-17(3)24(28)26-22-7-5-6-19(13-22)16(2)27/h5-15,17H,1-4H3,(H,26,28)/t15-,17+/m0/s1. The number of benzene rings is 3. The lowest BCUT2D eigenvalue weighted by Crippen LogP contribution is -2.31. The zero-order chi connectivity index (χ0) is 22.5. The molecule has 0 aliphatic heterocycles. The first kappa shape index (κ1) is 22.0. The van der Waals surface area contributed by atoms with Gasteiger partial charge in [0, 0.05) is 11.3 Å². The van der Waals surface area contributed by atoms with E-state index in [9.17, 15) is 14.4 Å². The average Bonchev–Trinajstić information content (AvgIpc) is 2.77. The van der Waals surface area contributed by atoms with E-state index < -0.39 is 23.9 Å². The second-order valence-electron chi connectivity index (χ2n) is 7.40. The smallest absolute Gasteiger partial charge is 0.313 e. The molecule has 0 aliphatic carbocycles. The van der Waals surface area contributed by atoms with Crippen LogP contribution in [0, 0.1) is 0 Å². The molecule has 3 rings (SSSR count). The molecule has 0 spiro atoms. The van der Waals surface area contributed by atoms with Crippen molar-refractivity contribution >= 4 is 34.1 Å². The second kappa shape index (κ2) is 9.43. The van der Waals surface area contributed by atoms with Crippen LogP contribution in [-0.4, -0.2) is 30.9 Å². The summed E-state index contributed by atoms with van der Waals surface area (Å²) in [5.74, 6) is -0.831. The zero-order valence-corrected chi connectivity index (χ0v) is 18.0. The molecule has 3 aromatic carbocycles. The number of ketones is 1. The van der Waals surface area contributed by atoms with Gasteiger partial charge >= 0.3 is 5.97 Å². The summed E-state index contributed by atoms with van der Waals surface area (Å²) >= 11 is 0. The van der Waals surface area contributed by atoms with E-state index in [2.05, 4.69) is 5.32 Å². The summed E-state index contributed by atoms with van der Waals surface area (Å²) in [6.45, 7) is 4.71. The minimum atomic E-state index is -0.986. The fourth-order valence-corrected chi connectivity index (χ4v) is 3.16. The van der Waals surface area contributed by atoms with Crippen LogP contribution in [0.4, 0.5) is 5.69 Å². The van der Waals surface area contributed by atoms with Gasteiger partial charge in [0.05, 0.1) is 13.0 Å². The number of hydrogen-bond donors (Lipinski definition) is 1. The molecule has 6 nitrogen and oxygen atoms in total. The van der Waals surface area contributed by atoms with Crippen molar-refractivity contribution in [2.75, 3.05) is 12.4 Å². The molecule has 31 heavy (non-hydrogen) atoms. The second-order valence-corrected chi connectivity index (χ2v) is 7.40. The number of esters is 1. The predicted octanol–water partition coefficient (Wildman–Crippen LogP) is 4.72. The molecule has 0 aromatic heterocycles. The SMILES string of the molecule is COc1ccc2cc([C@H](C)C(=O)O[C@H](C)C(=O)Nc3cccc(C(C)=O)c3)ccc2c1. The van der Waals surface area contributed by atoms with Crippen LogP contribution in [0.25, 0.3) is 10.8 Å². The normalized spacial score (nSPS) is 12.6. The van der Waals surface area contributed by atoms with E-state index in [1.54, 1.807) is 38.3 Å². The molecule has 0 radical (unpaired) electrons. The van der Waals surface area contributed by atoms with E-state index in [1.165, 1.54) is 13.8 Å². The summed E-state index contributed by atoms with van der Waals surface area (Å²) in [6, 6.07) is 18.1. The Morgan fingerprint density at radius 2 is 1.61 bits per heavy atom. The molecule has 6 heteroatoms. The Kier molecular flexibility index (Phi) is 6.70. The lowest BCUT2D eigenvalue weighted by Gasteiger charge is -2.17. The number of hydrogen-bond acceptors (Lipinski definition) is 5. The molecule has 0 bridgehead atoms. The van der Waals surface area contributed by atoms with Gasteiger partial charge in [0.2, 0.25) is 0 Å². The van der Waals surface area contributed by atoms with Gasteiger partial charge in [-0.25, -0.2) is 0 Å². The number of rotatable bonds is 7.